The quantitative estimate of drug-likeness (QED) is 0.500. The summed E-state index contributed by atoms with van der Waals surface area (Å²) in [5.41, 5.74) is 0.738. The summed E-state index contributed by atoms with van der Waals surface area (Å²) in [6, 6.07) is 9.24. The number of esters is 1. The zero-order valence-corrected chi connectivity index (χ0v) is 20.0. The topological polar surface area (TPSA) is 82.3 Å². The highest BCUT2D eigenvalue weighted by Gasteiger charge is 2.60. The summed E-state index contributed by atoms with van der Waals surface area (Å²) in [7, 11) is 1.77. The maximum atomic E-state index is 13.1. The predicted octanol–water partition coefficient (Wildman–Crippen LogP) is 3.70. The van der Waals surface area contributed by atoms with E-state index in [-0.39, 0.29) is 28.1 Å². The number of anilines is 1. The van der Waals surface area contributed by atoms with Crippen LogP contribution in [-0.2, 0) is 21.4 Å². The van der Waals surface area contributed by atoms with E-state index in [2.05, 4.69) is 21.2 Å². The molecule has 0 aliphatic heterocycles. The molecule has 32 heavy (non-hydrogen) atoms. The number of nitrogens with one attached hydrogen (secondary N) is 1. The Balaban J connectivity index is 1.27. The highest BCUT2D eigenvalue weighted by atomic mass is 79.9. The number of alkyl halides is 1. The van der Waals surface area contributed by atoms with E-state index in [0.717, 1.165) is 32.1 Å². The van der Waals surface area contributed by atoms with Gasteiger partial charge >= 0.3 is 5.97 Å². The van der Waals surface area contributed by atoms with Gasteiger partial charge in [-0.2, -0.15) is 0 Å². The number of carbonyl (C=O) groups excluding carboxylic acids is 2. The summed E-state index contributed by atoms with van der Waals surface area (Å²) < 4.78 is 8.76. The maximum Gasteiger partial charge on any atom is 0.312 e. The van der Waals surface area contributed by atoms with Crippen molar-refractivity contribution in [1.82, 2.24) is 9.36 Å². The normalized spacial score (nSPS) is 30.3. The summed E-state index contributed by atoms with van der Waals surface area (Å²) >= 11 is 3.90. The van der Waals surface area contributed by atoms with E-state index < -0.39 is 11.3 Å². The molecule has 6 rings (SSSR count). The number of halogens is 1. The molecule has 0 spiro atoms. The van der Waals surface area contributed by atoms with Gasteiger partial charge in [0.1, 0.15) is 5.69 Å². The number of hydrogen-bond acceptors (Lipinski definition) is 4. The van der Waals surface area contributed by atoms with Crippen molar-refractivity contribution in [3.8, 4) is 5.69 Å². The molecule has 1 aromatic carbocycles. The van der Waals surface area contributed by atoms with Gasteiger partial charge < -0.3 is 10.1 Å². The Kier molecular flexibility index (Phi) is 5.11. The van der Waals surface area contributed by atoms with Crippen molar-refractivity contribution < 1.29 is 14.3 Å². The van der Waals surface area contributed by atoms with Crippen LogP contribution in [-0.4, -0.2) is 32.2 Å². The summed E-state index contributed by atoms with van der Waals surface area (Å²) in [5, 5.41) is 2.67. The Morgan fingerprint density at radius 1 is 1.16 bits per heavy atom. The minimum absolute atomic E-state index is 0.0437. The molecule has 0 radical (unpaired) electrons. The molecule has 1 aromatic heterocycles. The number of carbonyl (C=O) groups is 2. The van der Waals surface area contributed by atoms with Crippen molar-refractivity contribution in [1.29, 1.82) is 0 Å². The molecule has 8 heteroatoms. The molecule has 0 saturated heterocycles. The van der Waals surface area contributed by atoms with Crippen molar-refractivity contribution >= 4 is 33.5 Å². The molecule has 2 atom stereocenters. The van der Waals surface area contributed by atoms with Gasteiger partial charge in [0.05, 0.1) is 16.8 Å². The minimum atomic E-state index is -0.498. The van der Waals surface area contributed by atoms with Crippen molar-refractivity contribution in [2.75, 3.05) is 11.9 Å². The zero-order chi connectivity index (χ0) is 22.7. The van der Waals surface area contributed by atoms with E-state index in [4.69, 9.17) is 4.74 Å². The van der Waals surface area contributed by atoms with Gasteiger partial charge in [0.15, 0.2) is 6.61 Å². The van der Waals surface area contributed by atoms with Crippen LogP contribution in [0, 0.1) is 24.2 Å². The fourth-order valence-corrected chi connectivity index (χ4v) is 8.01. The van der Waals surface area contributed by atoms with E-state index in [0.29, 0.717) is 23.2 Å². The fraction of sp³-hybridized carbons (Fsp3) is 0.542. The first-order chi connectivity index (χ1) is 15.2. The van der Waals surface area contributed by atoms with Crippen LogP contribution in [0.1, 0.15) is 44.2 Å². The van der Waals surface area contributed by atoms with E-state index in [9.17, 15) is 14.4 Å². The van der Waals surface area contributed by atoms with Crippen LogP contribution in [0.3, 0.4) is 0 Å². The Labute approximate surface area is 195 Å². The van der Waals surface area contributed by atoms with Crippen LogP contribution in [0.25, 0.3) is 5.69 Å². The van der Waals surface area contributed by atoms with Crippen LogP contribution in [0.5, 0.6) is 0 Å². The van der Waals surface area contributed by atoms with Crippen LogP contribution >= 0.6 is 15.9 Å². The van der Waals surface area contributed by atoms with Gasteiger partial charge in [0.2, 0.25) is 0 Å². The average molecular weight is 502 g/mol. The molecule has 1 amide bonds. The monoisotopic (exact) mass is 501 g/mol. The number of benzene rings is 1. The zero-order valence-electron chi connectivity index (χ0n) is 18.4. The Morgan fingerprint density at radius 2 is 1.81 bits per heavy atom. The van der Waals surface area contributed by atoms with Gasteiger partial charge in [-0.1, -0.05) is 34.1 Å². The number of nitrogens with zero attached hydrogens (tertiary/aromatic N) is 2. The molecule has 1 heterocycles. The van der Waals surface area contributed by atoms with Crippen molar-refractivity contribution in [3.05, 3.63) is 46.4 Å². The first-order valence-electron chi connectivity index (χ1n) is 11.2. The largest absolute Gasteiger partial charge is 0.455 e. The van der Waals surface area contributed by atoms with Crippen molar-refractivity contribution in [3.63, 3.8) is 0 Å². The number of para-hydroxylation sites is 1. The van der Waals surface area contributed by atoms with Gasteiger partial charge in [-0.3, -0.25) is 19.1 Å². The third-order valence-electron chi connectivity index (χ3n) is 7.58. The van der Waals surface area contributed by atoms with Gasteiger partial charge in [0.25, 0.3) is 11.5 Å². The summed E-state index contributed by atoms with van der Waals surface area (Å²) in [4.78, 5) is 38.7. The molecular weight excluding hydrogens is 474 g/mol. The van der Waals surface area contributed by atoms with E-state index in [1.165, 1.54) is 11.1 Å². The second-order valence-corrected chi connectivity index (χ2v) is 11.6. The van der Waals surface area contributed by atoms with Gasteiger partial charge in [-0.05, 0) is 69.4 Å². The molecule has 7 nitrogen and oxygen atoms in total. The molecular formula is C24H28BrN3O4. The Morgan fingerprint density at radius 3 is 2.44 bits per heavy atom. The van der Waals surface area contributed by atoms with E-state index >= 15 is 0 Å². The lowest BCUT2D eigenvalue weighted by Gasteiger charge is -2.58. The lowest BCUT2D eigenvalue weighted by atomic mass is 9.49. The van der Waals surface area contributed by atoms with Gasteiger partial charge in [0, 0.05) is 11.4 Å². The first-order valence-corrected chi connectivity index (χ1v) is 12.0. The smallest absolute Gasteiger partial charge is 0.312 e. The standard InChI is InChI=1S/C24H28BrN3O4/c1-15-20(21(30)28(27(15)2)18-6-4-3-5-7-18)26-19(29)13-32-22(31)23-9-16-8-17(10-23)12-24(25,11-16)14-23/h3-7,16-17H,8-14H2,1-2H3,(H,26,29)/t16-,17-,23?,24?/m1/s1. The first kappa shape index (κ1) is 21.5. The highest BCUT2D eigenvalue weighted by Crippen LogP contribution is 2.64. The summed E-state index contributed by atoms with van der Waals surface area (Å²) in [6.07, 6.45) is 5.95. The Hall–Kier alpha value is -2.35. The third kappa shape index (κ3) is 3.52. The molecule has 4 bridgehead atoms. The molecule has 0 unspecified atom stereocenters. The van der Waals surface area contributed by atoms with E-state index in [1.54, 1.807) is 18.7 Å². The second kappa shape index (κ2) is 7.61. The number of amides is 1. The minimum Gasteiger partial charge on any atom is -0.455 e. The number of aromatic nitrogens is 2. The number of ether oxygens (including phenoxy) is 1. The predicted molar refractivity (Wildman–Crippen MR) is 124 cm³/mol. The fourth-order valence-electron chi connectivity index (χ4n) is 6.56. The van der Waals surface area contributed by atoms with E-state index in [1.807, 2.05) is 30.3 Å². The lowest BCUT2D eigenvalue weighted by Crippen LogP contribution is -2.56. The lowest BCUT2D eigenvalue weighted by molar-refractivity contribution is -0.170. The maximum absolute atomic E-state index is 13.1. The molecule has 4 saturated carbocycles. The molecule has 1 N–H and O–H groups in total. The van der Waals surface area contributed by atoms with Crippen LogP contribution < -0.4 is 10.9 Å². The molecule has 4 fully saturated rings. The van der Waals surface area contributed by atoms with Gasteiger partial charge in [-0.15, -0.1) is 0 Å². The number of hydrogen-bond donors (Lipinski definition) is 1. The summed E-state index contributed by atoms with van der Waals surface area (Å²) in [6.45, 7) is 1.39. The third-order valence-corrected chi connectivity index (χ3v) is 8.50. The average Bonchev–Trinajstić information content (AvgIpc) is 2.94. The highest BCUT2D eigenvalue weighted by molar-refractivity contribution is 9.10. The van der Waals surface area contributed by atoms with Gasteiger partial charge in [-0.25, -0.2) is 4.68 Å². The molecule has 170 valence electrons. The van der Waals surface area contributed by atoms with Crippen LogP contribution in [0.15, 0.2) is 35.1 Å². The van der Waals surface area contributed by atoms with Crippen molar-refractivity contribution in [2.45, 2.75) is 49.8 Å². The SMILES string of the molecule is Cc1c(NC(=O)COC(=O)C23C[C@H]4C[C@@H](CC(Br)(C4)C2)C3)c(=O)n(-c2ccccc2)n1C. The second-order valence-electron chi connectivity index (χ2n) is 9.95. The van der Waals surface area contributed by atoms with Crippen LogP contribution in [0.2, 0.25) is 0 Å². The van der Waals surface area contributed by atoms with Crippen molar-refractivity contribution in [2.24, 2.45) is 24.3 Å². The Bertz CT molecular complexity index is 1120. The molecule has 2 aromatic rings. The summed E-state index contributed by atoms with van der Waals surface area (Å²) in [5.74, 6) is 0.348. The molecule has 4 aliphatic rings. The number of rotatable bonds is 5. The van der Waals surface area contributed by atoms with Crippen LogP contribution in [0.4, 0.5) is 5.69 Å². The molecule has 4 aliphatic carbocycles.